The Labute approximate surface area is 137 Å². The lowest BCUT2D eigenvalue weighted by Gasteiger charge is -2.38. The molecule has 1 fully saturated rings. The zero-order chi connectivity index (χ0) is 15.8. The van der Waals surface area contributed by atoms with Gasteiger partial charge in [0.15, 0.2) is 0 Å². The standard InChI is InChI=1S/C16H17N5OS/c1-2-14-19-21-15(22)7-12(18-16(21)23-14)10-20-8-11(9-20)13-5-3-4-6-17-13/h3-7,11H,2,8-10H2,1H3. The van der Waals surface area contributed by atoms with Crippen LogP contribution in [0, 0.1) is 0 Å². The zero-order valence-corrected chi connectivity index (χ0v) is 13.7. The summed E-state index contributed by atoms with van der Waals surface area (Å²) in [6, 6.07) is 7.63. The number of likely N-dealkylation sites (tertiary alicyclic amines) is 1. The average molecular weight is 327 g/mol. The Bertz CT molecular complexity index is 882. The van der Waals surface area contributed by atoms with Gasteiger partial charge in [-0.15, -0.1) is 0 Å². The highest BCUT2D eigenvalue weighted by Gasteiger charge is 2.29. The molecule has 4 rings (SSSR count). The molecule has 0 aromatic carbocycles. The molecule has 3 aromatic rings. The van der Waals surface area contributed by atoms with E-state index in [4.69, 9.17) is 0 Å². The van der Waals surface area contributed by atoms with Crippen LogP contribution >= 0.6 is 11.3 Å². The molecular formula is C16H17N5OS. The Morgan fingerprint density at radius 2 is 2.22 bits per heavy atom. The van der Waals surface area contributed by atoms with E-state index in [0.29, 0.717) is 17.4 Å². The van der Waals surface area contributed by atoms with Gasteiger partial charge >= 0.3 is 0 Å². The fourth-order valence-electron chi connectivity index (χ4n) is 2.85. The fraction of sp³-hybridized carbons (Fsp3) is 0.375. The van der Waals surface area contributed by atoms with Gasteiger partial charge in [-0.1, -0.05) is 24.3 Å². The summed E-state index contributed by atoms with van der Waals surface area (Å²) >= 11 is 1.49. The van der Waals surface area contributed by atoms with Crippen LogP contribution in [-0.2, 0) is 13.0 Å². The number of nitrogens with zero attached hydrogens (tertiary/aromatic N) is 5. The lowest BCUT2D eigenvalue weighted by Crippen LogP contribution is -2.44. The highest BCUT2D eigenvalue weighted by molar-refractivity contribution is 7.16. The first kappa shape index (κ1) is 14.5. The zero-order valence-electron chi connectivity index (χ0n) is 12.8. The van der Waals surface area contributed by atoms with E-state index in [1.807, 2.05) is 25.3 Å². The van der Waals surface area contributed by atoms with Crippen molar-refractivity contribution in [3.05, 3.63) is 57.2 Å². The molecule has 0 aliphatic carbocycles. The summed E-state index contributed by atoms with van der Waals surface area (Å²) in [7, 11) is 0. The van der Waals surface area contributed by atoms with Gasteiger partial charge in [0.25, 0.3) is 5.56 Å². The minimum atomic E-state index is -0.0947. The smallest absolute Gasteiger partial charge is 0.275 e. The maximum absolute atomic E-state index is 12.1. The molecule has 0 atom stereocenters. The summed E-state index contributed by atoms with van der Waals surface area (Å²) in [6.45, 7) is 4.65. The van der Waals surface area contributed by atoms with Gasteiger partial charge in [-0.3, -0.25) is 14.7 Å². The van der Waals surface area contributed by atoms with E-state index in [9.17, 15) is 4.79 Å². The van der Waals surface area contributed by atoms with E-state index in [1.54, 1.807) is 6.07 Å². The molecule has 0 N–H and O–H groups in total. The summed E-state index contributed by atoms with van der Waals surface area (Å²) in [5.74, 6) is 0.483. The van der Waals surface area contributed by atoms with Crippen molar-refractivity contribution in [2.45, 2.75) is 25.8 Å². The van der Waals surface area contributed by atoms with Gasteiger partial charge < -0.3 is 0 Å². The maximum atomic E-state index is 12.1. The van der Waals surface area contributed by atoms with Crippen molar-refractivity contribution in [1.82, 2.24) is 24.5 Å². The van der Waals surface area contributed by atoms with E-state index in [2.05, 4.69) is 26.0 Å². The van der Waals surface area contributed by atoms with E-state index >= 15 is 0 Å². The molecule has 0 unspecified atom stereocenters. The van der Waals surface area contributed by atoms with Crippen molar-refractivity contribution in [3.63, 3.8) is 0 Å². The number of hydrogen-bond donors (Lipinski definition) is 0. The SMILES string of the molecule is CCc1nn2c(=O)cc(CN3CC(c4ccccn4)C3)nc2s1. The molecule has 0 amide bonds. The van der Waals surface area contributed by atoms with Gasteiger partial charge in [-0.25, -0.2) is 4.98 Å². The molecule has 7 heteroatoms. The van der Waals surface area contributed by atoms with Crippen LogP contribution in [0.1, 0.15) is 29.2 Å². The van der Waals surface area contributed by atoms with Crippen molar-refractivity contribution < 1.29 is 0 Å². The number of aromatic nitrogens is 4. The molecule has 3 aromatic heterocycles. The normalized spacial score (nSPS) is 15.9. The molecule has 1 saturated heterocycles. The first-order chi connectivity index (χ1) is 11.2. The predicted octanol–water partition coefficient (Wildman–Crippen LogP) is 1.71. The first-order valence-corrected chi connectivity index (χ1v) is 8.56. The summed E-state index contributed by atoms with van der Waals surface area (Å²) in [4.78, 5) is 24.1. The van der Waals surface area contributed by atoms with Crippen LogP contribution in [0.2, 0.25) is 0 Å². The predicted molar refractivity (Wildman–Crippen MR) is 88.8 cm³/mol. The largest absolute Gasteiger partial charge is 0.296 e. The molecule has 0 bridgehead atoms. The summed E-state index contributed by atoms with van der Waals surface area (Å²) in [5, 5.41) is 5.21. The number of fused-ring (bicyclic) bond motifs is 1. The second-order valence-electron chi connectivity index (χ2n) is 5.78. The topological polar surface area (TPSA) is 63.4 Å². The van der Waals surface area contributed by atoms with Gasteiger partial charge in [0.05, 0.1) is 5.69 Å². The van der Waals surface area contributed by atoms with Gasteiger partial charge in [-0.05, 0) is 18.6 Å². The Hall–Kier alpha value is -2.12. The summed E-state index contributed by atoms with van der Waals surface area (Å²) in [6.07, 6.45) is 2.66. The minimum absolute atomic E-state index is 0.0947. The number of hydrogen-bond acceptors (Lipinski definition) is 6. The van der Waals surface area contributed by atoms with Crippen molar-refractivity contribution in [2.75, 3.05) is 13.1 Å². The van der Waals surface area contributed by atoms with Crippen LogP contribution in [0.25, 0.3) is 4.96 Å². The van der Waals surface area contributed by atoms with E-state index in [0.717, 1.165) is 35.9 Å². The molecule has 0 radical (unpaired) electrons. The van der Waals surface area contributed by atoms with Crippen molar-refractivity contribution in [3.8, 4) is 0 Å². The third kappa shape index (κ3) is 2.77. The van der Waals surface area contributed by atoms with Crippen LogP contribution in [0.4, 0.5) is 0 Å². The van der Waals surface area contributed by atoms with Crippen LogP contribution in [-0.4, -0.2) is 37.6 Å². The second kappa shape index (κ2) is 5.82. The highest BCUT2D eigenvalue weighted by Crippen LogP contribution is 2.26. The Kier molecular flexibility index (Phi) is 3.66. The van der Waals surface area contributed by atoms with Gasteiger partial charge in [0.2, 0.25) is 4.96 Å². The lowest BCUT2D eigenvalue weighted by molar-refractivity contribution is 0.135. The lowest BCUT2D eigenvalue weighted by atomic mass is 9.95. The van der Waals surface area contributed by atoms with E-state index in [1.165, 1.54) is 15.9 Å². The third-order valence-electron chi connectivity index (χ3n) is 4.09. The molecule has 23 heavy (non-hydrogen) atoms. The minimum Gasteiger partial charge on any atom is -0.296 e. The fourth-order valence-corrected chi connectivity index (χ4v) is 3.71. The molecule has 4 heterocycles. The van der Waals surface area contributed by atoms with Crippen molar-refractivity contribution in [1.29, 1.82) is 0 Å². The summed E-state index contributed by atoms with van der Waals surface area (Å²) in [5.41, 5.74) is 1.87. The van der Waals surface area contributed by atoms with Crippen LogP contribution < -0.4 is 5.56 Å². The Morgan fingerprint density at radius 1 is 1.35 bits per heavy atom. The Morgan fingerprint density at radius 3 is 2.96 bits per heavy atom. The molecule has 1 aliphatic heterocycles. The molecule has 0 spiro atoms. The third-order valence-corrected chi connectivity index (χ3v) is 5.14. The van der Waals surface area contributed by atoms with Crippen LogP contribution in [0.5, 0.6) is 0 Å². The number of pyridine rings is 1. The maximum Gasteiger partial charge on any atom is 0.275 e. The van der Waals surface area contributed by atoms with Gasteiger partial charge in [0.1, 0.15) is 5.01 Å². The molecule has 0 saturated carbocycles. The van der Waals surface area contributed by atoms with Crippen LogP contribution in [0.15, 0.2) is 35.3 Å². The first-order valence-electron chi connectivity index (χ1n) is 7.75. The Balaban J connectivity index is 1.48. The van der Waals surface area contributed by atoms with Gasteiger partial charge in [-0.2, -0.15) is 9.61 Å². The molecular weight excluding hydrogens is 310 g/mol. The highest BCUT2D eigenvalue weighted by atomic mass is 32.1. The number of aryl methyl sites for hydroxylation is 1. The second-order valence-corrected chi connectivity index (χ2v) is 6.82. The van der Waals surface area contributed by atoms with E-state index < -0.39 is 0 Å². The van der Waals surface area contributed by atoms with Gasteiger partial charge in [0, 0.05) is 43.5 Å². The monoisotopic (exact) mass is 327 g/mol. The number of rotatable bonds is 4. The van der Waals surface area contributed by atoms with Crippen molar-refractivity contribution in [2.24, 2.45) is 0 Å². The average Bonchev–Trinajstić information content (AvgIpc) is 2.95. The quantitative estimate of drug-likeness (QED) is 0.730. The summed E-state index contributed by atoms with van der Waals surface area (Å²) < 4.78 is 1.40. The van der Waals surface area contributed by atoms with E-state index in [-0.39, 0.29) is 5.56 Å². The molecule has 118 valence electrons. The molecule has 1 aliphatic rings. The van der Waals surface area contributed by atoms with Crippen molar-refractivity contribution >= 4 is 16.3 Å². The molecule has 6 nitrogen and oxygen atoms in total. The van der Waals surface area contributed by atoms with Crippen LogP contribution in [0.3, 0.4) is 0 Å².